The molecule has 6 nitrogen and oxygen atoms in total. The van der Waals surface area contributed by atoms with E-state index in [1.165, 1.54) is 6.07 Å². The van der Waals surface area contributed by atoms with Gasteiger partial charge in [0.05, 0.1) is 5.56 Å². The van der Waals surface area contributed by atoms with Crippen LogP contribution >= 0.6 is 0 Å². The van der Waals surface area contributed by atoms with Gasteiger partial charge in [0.25, 0.3) is 0 Å². The number of halogens is 1. The Balaban J connectivity index is 2.07. The van der Waals surface area contributed by atoms with Gasteiger partial charge in [0.15, 0.2) is 12.4 Å². The second-order valence-corrected chi connectivity index (χ2v) is 4.07. The monoisotopic (exact) mass is 264 g/mol. The molecule has 1 heterocycles. The number of hydrogen-bond acceptors (Lipinski definition) is 5. The number of aromatic nitrogens is 3. The molecule has 7 heteroatoms. The van der Waals surface area contributed by atoms with Gasteiger partial charge in [0.1, 0.15) is 11.6 Å². The molecule has 1 aromatic carbocycles. The summed E-state index contributed by atoms with van der Waals surface area (Å²) >= 11 is 0. The fraction of sp³-hybridized carbons (Fsp3) is 0.250. The molecule has 2 N–H and O–H groups in total. The Labute approximate surface area is 109 Å². The third-order valence-electron chi connectivity index (χ3n) is 2.67. The largest absolute Gasteiger partial charge is 0.454 e. The van der Waals surface area contributed by atoms with E-state index >= 15 is 0 Å². The summed E-state index contributed by atoms with van der Waals surface area (Å²) in [5.41, 5.74) is 5.69. The molecule has 1 aromatic heterocycles. The summed E-state index contributed by atoms with van der Waals surface area (Å²) in [4.78, 5) is 11.7. The van der Waals surface area contributed by atoms with Crippen LogP contribution in [0.5, 0.6) is 0 Å². The van der Waals surface area contributed by atoms with Gasteiger partial charge in [-0.05, 0) is 25.1 Å². The molecule has 0 atom stereocenters. The van der Waals surface area contributed by atoms with Crippen molar-refractivity contribution in [2.75, 3.05) is 5.73 Å². The highest BCUT2D eigenvalue weighted by molar-refractivity contribution is 5.90. The third-order valence-corrected chi connectivity index (χ3v) is 2.67. The zero-order chi connectivity index (χ0) is 14.0. The highest BCUT2D eigenvalue weighted by Crippen LogP contribution is 2.12. The molecular weight excluding hydrogens is 251 g/mol. The molecule has 0 radical (unpaired) electrons. The maximum atomic E-state index is 13.1. The molecule has 0 saturated carbocycles. The van der Waals surface area contributed by atoms with E-state index in [1.54, 1.807) is 18.5 Å². The molecule has 0 aliphatic carbocycles. The number of ether oxygens (including phenoxy) is 1. The SMILES string of the molecule is Cc1nnc(COC(=O)c2cc(N)cc(F)c2)n1C. The lowest BCUT2D eigenvalue weighted by Crippen LogP contribution is -2.09. The lowest BCUT2D eigenvalue weighted by Gasteiger charge is -2.05. The lowest BCUT2D eigenvalue weighted by atomic mass is 10.2. The molecule has 0 unspecified atom stereocenters. The van der Waals surface area contributed by atoms with E-state index in [-0.39, 0.29) is 17.9 Å². The van der Waals surface area contributed by atoms with E-state index < -0.39 is 11.8 Å². The normalized spacial score (nSPS) is 10.5. The Hall–Kier alpha value is -2.44. The van der Waals surface area contributed by atoms with E-state index in [1.807, 2.05) is 0 Å². The molecule has 0 bridgehead atoms. The van der Waals surface area contributed by atoms with E-state index in [4.69, 9.17) is 10.5 Å². The number of nitrogen functional groups attached to an aromatic ring is 1. The average molecular weight is 264 g/mol. The van der Waals surface area contributed by atoms with E-state index in [9.17, 15) is 9.18 Å². The molecular formula is C12H13FN4O2. The maximum absolute atomic E-state index is 13.1. The first-order valence-electron chi connectivity index (χ1n) is 5.55. The van der Waals surface area contributed by atoms with Crippen LogP contribution in [-0.4, -0.2) is 20.7 Å². The number of carbonyl (C=O) groups excluding carboxylic acids is 1. The predicted molar refractivity (Wildman–Crippen MR) is 65.7 cm³/mol. The van der Waals surface area contributed by atoms with Crippen molar-refractivity contribution in [1.82, 2.24) is 14.8 Å². The standard InChI is InChI=1S/C12H13FN4O2/c1-7-15-16-11(17(7)2)6-19-12(18)8-3-9(13)5-10(14)4-8/h3-5H,6,14H2,1-2H3. The maximum Gasteiger partial charge on any atom is 0.338 e. The minimum atomic E-state index is -0.660. The summed E-state index contributed by atoms with van der Waals surface area (Å²) in [6, 6.07) is 3.55. The molecule has 100 valence electrons. The number of carbonyl (C=O) groups is 1. The molecule has 0 spiro atoms. The lowest BCUT2D eigenvalue weighted by molar-refractivity contribution is 0.0458. The number of rotatable bonds is 3. The minimum Gasteiger partial charge on any atom is -0.454 e. The van der Waals surface area contributed by atoms with Crippen LogP contribution in [0.4, 0.5) is 10.1 Å². The summed E-state index contributed by atoms with van der Waals surface area (Å²) < 4.78 is 19.8. The Kier molecular flexibility index (Phi) is 3.46. The molecule has 2 rings (SSSR count). The quantitative estimate of drug-likeness (QED) is 0.665. The van der Waals surface area contributed by atoms with Gasteiger partial charge in [-0.1, -0.05) is 0 Å². The number of nitrogens with two attached hydrogens (primary N) is 1. The van der Waals surface area contributed by atoms with Crippen LogP contribution in [0.2, 0.25) is 0 Å². The van der Waals surface area contributed by atoms with Gasteiger partial charge in [-0.2, -0.15) is 0 Å². The zero-order valence-corrected chi connectivity index (χ0v) is 10.6. The summed E-state index contributed by atoms with van der Waals surface area (Å²) in [7, 11) is 1.76. The number of nitrogens with zero attached hydrogens (tertiary/aromatic N) is 3. The number of aryl methyl sites for hydroxylation is 1. The fourth-order valence-corrected chi connectivity index (χ4v) is 1.52. The van der Waals surface area contributed by atoms with Crippen LogP contribution in [0.25, 0.3) is 0 Å². The van der Waals surface area contributed by atoms with Crippen LogP contribution in [-0.2, 0) is 18.4 Å². The first kappa shape index (κ1) is 13.0. The second kappa shape index (κ2) is 5.05. The Bertz CT molecular complexity index is 604. The first-order valence-corrected chi connectivity index (χ1v) is 5.55. The molecule has 0 amide bonds. The Morgan fingerprint density at radius 1 is 1.42 bits per heavy atom. The average Bonchev–Trinajstić information content (AvgIpc) is 2.66. The highest BCUT2D eigenvalue weighted by Gasteiger charge is 2.12. The van der Waals surface area contributed by atoms with Crippen LogP contribution in [0.3, 0.4) is 0 Å². The number of esters is 1. The fourth-order valence-electron chi connectivity index (χ4n) is 1.52. The van der Waals surface area contributed by atoms with Gasteiger partial charge < -0.3 is 15.0 Å². The van der Waals surface area contributed by atoms with Gasteiger partial charge in [-0.3, -0.25) is 0 Å². The van der Waals surface area contributed by atoms with Crippen molar-refractivity contribution in [3.63, 3.8) is 0 Å². The van der Waals surface area contributed by atoms with Gasteiger partial charge in [-0.15, -0.1) is 10.2 Å². The van der Waals surface area contributed by atoms with Crippen LogP contribution in [0, 0.1) is 12.7 Å². The van der Waals surface area contributed by atoms with Gasteiger partial charge in [0.2, 0.25) is 0 Å². The molecule has 0 saturated heterocycles. The van der Waals surface area contributed by atoms with E-state index in [0.717, 1.165) is 12.1 Å². The van der Waals surface area contributed by atoms with Gasteiger partial charge >= 0.3 is 5.97 Å². The topological polar surface area (TPSA) is 83.0 Å². The molecule has 19 heavy (non-hydrogen) atoms. The van der Waals surface area contributed by atoms with Crippen molar-refractivity contribution in [3.05, 3.63) is 41.2 Å². The summed E-state index contributed by atoms with van der Waals surface area (Å²) in [5.74, 6) is -0.0235. The van der Waals surface area contributed by atoms with E-state index in [0.29, 0.717) is 11.6 Å². The van der Waals surface area contributed by atoms with Crippen molar-refractivity contribution in [2.45, 2.75) is 13.5 Å². The summed E-state index contributed by atoms with van der Waals surface area (Å²) in [5, 5.41) is 7.69. The Morgan fingerprint density at radius 3 is 2.74 bits per heavy atom. The third kappa shape index (κ3) is 2.87. The summed E-state index contributed by atoms with van der Waals surface area (Å²) in [6.07, 6.45) is 0. The molecule has 0 fully saturated rings. The number of anilines is 1. The summed E-state index contributed by atoms with van der Waals surface area (Å²) in [6.45, 7) is 1.75. The first-order chi connectivity index (χ1) is 8.97. The number of benzene rings is 1. The van der Waals surface area contributed by atoms with Crippen LogP contribution in [0.1, 0.15) is 22.0 Å². The van der Waals surface area contributed by atoms with Crippen molar-refractivity contribution in [3.8, 4) is 0 Å². The zero-order valence-electron chi connectivity index (χ0n) is 10.6. The second-order valence-electron chi connectivity index (χ2n) is 4.07. The van der Waals surface area contributed by atoms with Gasteiger partial charge in [-0.25, -0.2) is 9.18 Å². The Morgan fingerprint density at radius 2 is 2.16 bits per heavy atom. The van der Waals surface area contributed by atoms with Crippen molar-refractivity contribution >= 4 is 11.7 Å². The highest BCUT2D eigenvalue weighted by atomic mass is 19.1. The van der Waals surface area contributed by atoms with Crippen LogP contribution < -0.4 is 5.73 Å². The minimum absolute atomic E-state index is 0.0351. The molecule has 2 aromatic rings. The smallest absolute Gasteiger partial charge is 0.338 e. The van der Waals surface area contributed by atoms with Crippen LogP contribution in [0.15, 0.2) is 18.2 Å². The van der Waals surface area contributed by atoms with E-state index in [2.05, 4.69) is 10.2 Å². The van der Waals surface area contributed by atoms with Crippen molar-refractivity contribution in [2.24, 2.45) is 7.05 Å². The molecule has 0 aliphatic heterocycles. The van der Waals surface area contributed by atoms with Gasteiger partial charge in [0, 0.05) is 12.7 Å². The molecule has 0 aliphatic rings. The predicted octanol–water partition coefficient (Wildman–Crippen LogP) is 1.20. The van der Waals surface area contributed by atoms with Crippen molar-refractivity contribution < 1.29 is 13.9 Å². The number of hydrogen-bond donors (Lipinski definition) is 1. The van der Waals surface area contributed by atoms with Crippen molar-refractivity contribution in [1.29, 1.82) is 0 Å².